The summed E-state index contributed by atoms with van der Waals surface area (Å²) in [4.78, 5) is 11.4. The molecule has 0 amide bonds. The highest BCUT2D eigenvalue weighted by Crippen LogP contribution is 2.28. The zero-order chi connectivity index (χ0) is 10.6. The summed E-state index contributed by atoms with van der Waals surface area (Å²) in [6.45, 7) is 7.35. The molecule has 0 aromatic carbocycles. The van der Waals surface area contributed by atoms with Gasteiger partial charge in [0.15, 0.2) is 0 Å². The molecule has 3 nitrogen and oxygen atoms in total. The van der Waals surface area contributed by atoms with Crippen molar-refractivity contribution in [2.45, 2.75) is 39.7 Å². The Balaban J connectivity index is 4.70. The van der Waals surface area contributed by atoms with Gasteiger partial charge in [0.25, 0.3) is 0 Å². The number of rotatable bonds is 4. The van der Waals surface area contributed by atoms with E-state index >= 15 is 0 Å². The molecule has 78 valence electrons. The first kappa shape index (κ1) is 12.4. The SMILES string of the molecule is CCC(C)(O)C(C(=O)OC)C(C)C. The van der Waals surface area contributed by atoms with E-state index in [0.29, 0.717) is 6.42 Å². The van der Waals surface area contributed by atoms with Crippen LogP contribution in [0.3, 0.4) is 0 Å². The molecule has 2 unspecified atom stereocenters. The van der Waals surface area contributed by atoms with Crippen molar-refractivity contribution in [3.8, 4) is 0 Å². The fraction of sp³-hybridized carbons (Fsp3) is 0.900. The van der Waals surface area contributed by atoms with Gasteiger partial charge >= 0.3 is 5.97 Å². The highest BCUT2D eigenvalue weighted by Gasteiger charge is 2.38. The lowest BCUT2D eigenvalue weighted by Gasteiger charge is -2.32. The van der Waals surface area contributed by atoms with Crippen molar-refractivity contribution in [2.24, 2.45) is 11.8 Å². The molecule has 0 aromatic rings. The van der Waals surface area contributed by atoms with Crippen LogP contribution in [0, 0.1) is 11.8 Å². The van der Waals surface area contributed by atoms with E-state index in [-0.39, 0.29) is 11.9 Å². The second-order valence-electron chi connectivity index (χ2n) is 3.96. The van der Waals surface area contributed by atoms with Crippen LogP contribution in [0.5, 0.6) is 0 Å². The summed E-state index contributed by atoms with van der Waals surface area (Å²) in [7, 11) is 1.35. The molecule has 2 atom stereocenters. The molecule has 0 spiro atoms. The van der Waals surface area contributed by atoms with Crippen LogP contribution in [0.15, 0.2) is 0 Å². The lowest BCUT2D eigenvalue weighted by atomic mass is 9.79. The van der Waals surface area contributed by atoms with E-state index < -0.39 is 11.5 Å². The zero-order valence-electron chi connectivity index (χ0n) is 9.13. The van der Waals surface area contributed by atoms with E-state index in [1.165, 1.54) is 7.11 Å². The van der Waals surface area contributed by atoms with Crippen LogP contribution < -0.4 is 0 Å². The van der Waals surface area contributed by atoms with Crippen molar-refractivity contribution in [3.05, 3.63) is 0 Å². The third-order valence-electron chi connectivity index (χ3n) is 2.51. The summed E-state index contributed by atoms with van der Waals surface area (Å²) in [5, 5.41) is 9.95. The lowest BCUT2D eigenvalue weighted by Crippen LogP contribution is -2.42. The van der Waals surface area contributed by atoms with Crippen molar-refractivity contribution in [1.82, 2.24) is 0 Å². The Morgan fingerprint density at radius 3 is 2.23 bits per heavy atom. The van der Waals surface area contributed by atoms with Crippen LogP contribution in [0.4, 0.5) is 0 Å². The monoisotopic (exact) mass is 188 g/mol. The molecule has 0 saturated carbocycles. The van der Waals surface area contributed by atoms with Gasteiger partial charge in [0, 0.05) is 0 Å². The third-order valence-corrected chi connectivity index (χ3v) is 2.51. The average Bonchev–Trinajstić information content (AvgIpc) is 2.03. The van der Waals surface area contributed by atoms with Gasteiger partial charge in [-0.15, -0.1) is 0 Å². The summed E-state index contributed by atoms with van der Waals surface area (Å²) in [5.74, 6) is -0.688. The maximum Gasteiger partial charge on any atom is 0.311 e. The number of ether oxygens (including phenoxy) is 1. The Hall–Kier alpha value is -0.570. The molecule has 0 bridgehead atoms. The first-order chi connectivity index (χ1) is 5.86. The topological polar surface area (TPSA) is 46.5 Å². The van der Waals surface area contributed by atoms with Gasteiger partial charge in [-0.25, -0.2) is 0 Å². The summed E-state index contributed by atoms with van der Waals surface area (Å²) in [6.07, 6.45) is 0.547. The van der Waals surface area contributed by atoms with E-state index in [0.717, 1.165) is 0 Å². The van der Waals surface area contributed by atoms with E-state index in [1.807, 2.05) is 20.8 Å². The molecular weight excluding hydrogens is 168 g/mol. The molecule has 0 aliphatic carbocycles. The normalized spacial score (nSPS) is 18.1. The van der Waals surface area contributed by atoms with Crippen LogP contribution in [-0.4, -0.2) is 23.8 Å². The summed E-state index contributed by atoms with van der Waals surface area (Å²) in [6, 6.07) is 0. The van der Waals surface area contributed by atoms with Crippen molar-refractivity contribution in [3.63, 3.8) is 0 Å². The number of hydrogen-bond donors (Lipinski definition) is 1. The molecule has 0 radical (unpaired) electrons. The smallest absolute Gasteiger partial charge is 0.311 e. The van der Waals surface area contributed by atoms with Crippen molar-refractivity contribution >= 4 is 5.97 Å². The minimum absolute atomic E-state index is 0.0856. The maximum atomic E-state index is 11.4. The first-order valence-electron chi connectivity index (χ1n) is 4.67. The van der Waals surface area contributed by atoms with Crippen LogP contribution in [0.25, 0.3) is 0 Å². The Morgan fingerprint density at radius 2 is 2.00 bits per heavy atom. The number of hydrogen-bond acceptors (Lipinski definition) is 3. The standard InChI is InChI=1S/C10H20O3/c1-6-10(4,12)8(7(2)3)9(11)13-5/h7-8,12H,6H2,1-5H3. The number of carbonyl (C=O) groups excluding carboxylic acids is 1. The summed E-state index contributed by atoms with van der Waals surface area (Å²) < 4.78 is 4.66. The van der Waals surface area contributed by atoms with Gasteiger partial charge in [-0.3, -0.25) is 4.79 Å². The van der Waals surface area contributed by atoms with Crippen LogP contribution in [0.1, 0.15) is 34.1 Å². The Kier molecular flexibility index (Phi) is 4.40. The van der Waals surface area contributed by atoms with Gasteiger partial charge in [-0.2, -0.15) is 0 Å². The second-order valence-corrected chi connectivity index (χ2v) is 3.96. The Morgan fingerprint density at radius 1 is 1.54 bits per heavy atom. The summed E-state index contributed by atoms with van der Waals surface area (Å²) >= 11 is 0. The van der Waals surface area contributed by atoms with Crippen LogP contribution in [-0.2, 0) is 9.53 Å². The van der Waals surface area contributed by atoms with E-state index in [2.05, 4.69) is 4.74 Å². The van der Waals surface area contributed by atoms with Crippen molar-refractivity contribution in [1.29, 1.82) is 0 Å². The van der Waals surface area contributed by atoms with Crippen molar-refractivity contribution in [2.75, 3.05) is 7.11 Å². The lowest BCUT2D eigenvalue weighted by molar-refractivity contribution is -0.158. The zero-order valence-corrected chi connectivity index (χ0v) is 9.13. The highest BCUT2D eigenvalue weighted by atomic mass is 16.5. The Labute approximate surface area is 80.1 Å². The van der Waals surface area contributed by atoms with E-state index in [4.69, 9.17) is 0 Å². The van der Waals surface area contributed by atoms with Crippen LogP contribution in [0.2, 0.25) is 0 Å². The minimum atomic E-state index is -0.971. The van der Waals surface area contributed by atoms with Gasteiger partial charge in [-0.1, -0.05) is 20.8 Å². The van der Waals surface area contributed by atoms with Gasteiger partial charge in [0.2, 0.25) is 0 Å². The molecule has 0 heterocycles. The van der Waals surface area contributed by atoms with Gasteiger partial charge in [-0.05, 0) is 19.3 Å². The number of methoxy groups -OCH3 is 1. The van der Waals surface area contributed by atoms with E-state index in [9.17, 15) is 9.90 Å². The Bertz CT molecular complexity index is 173. The van der Waals surface area contributed by atoms with Gasteiger partial charge in [0.1, 0.15) is 0 Å². The molecule has 3 heteroatoms. The molecule has 0 saturated heterocycles. The predicted molar refractivity (Wildman–Crippen MR) is 51.3 cm³/mol. The van der Waals surface area contributed by atoms with Gasteiger partial charge < -0.3 is 9.84 Å². The summed E-state index contributed by atoms with van der Waals surface area (Å²) in [5.41, 5.74) is -0.971. The number of carbonyl (C=O) groups is 1. The van der Waals surface area contributed by atoms with Crippen molar-refractivity contribution < 1.29 is 14.6 Å². The molecule has 1 N–H and O–H groups in total. The van der Waals surface area contributed by atoms with E-state index in [1.54, 1.807) is 6.92 Å². The predicted octanol–water partition coefficient (Wildman–Crippen LogP) is 1.59. The maximum absolute atomic E-state index is 11.4. The minimum Gasteiger partial charge on any atom is -0.469 e. The molecule has 0 aliphatic heterocycles. The first-order valence-corrected chi connectivity index (χ1v) is 4.67. The molecule has 0 aliphatic rings. The molecule has 0 fully saturated rings. The fourth-order valence-corrected chi connectivity index (χ4v) is 1.59. The molecule has 0 aromatic heterocycles. The number of esters is 1. The van der Waals surface area contributed by atoms with Crippen LogP contribution >= 0.6 is 0 Å². The average molecular weight is 188 g/mol. The fourth-order valence-electron chi connectivity index (χ4n) is 1.59. The second kappa shape index (κ2) is 4.61. The molecular formula is C10H20O3. The number of aliphatic hydroxyl groups is 1. The largest absolute Gasteiger partial charge is 0.469 e. The third kappa shape index (κ3) is 2.99. The van der Waals surface area contributed by atoms with Gasteiger partial charge in [0.05, 0.1) is 18.6 Å². The molecule has 0 rings (SSSR count). The molecule has 13 heavy (non-hydrogen) atoms. The highest BCUT2D eigenvalue weighted by molar-refractivity contribution is 5.73. The quantitative estimate of drug-likeness (QED) is 0.681.